The minimum Gasteiger partial charge on any atom is -0.384 e. The highest BCUT2D eigenvalue weighted by Crippen LogP contribution is 2.17. The molecule has 0 fully saturated rings. The normalized spacial score (nSPS) is 10.4. The molecule has 0 unspecified atom stereocenters. The SMILES string of the molecule is CCCNc1ccccc1C(=O)N(C)C(C)C. The van der Waals surface area contributed by atoms with Crippen LogP contribution in [-0.4, -0.2) is 30.4 Å². The van der Waals surface area contributed by atoms with Gasteiger partial charge in [0.2, 0.25) is 0 Å². The highest BCUT2D eigenvalue weighted by Gasteiger charge is 2.16. The van der Waals surface area contributed by atoms with Gasteiger partial charge in [0.15, 0.2) is 0 Å². The molecule has 17 heavy (non-hydrogen) atoms. The first-order valence-corrected chi connectivity index (χ1v) is 6.18. The number of nitrogens with zero attached hydrogens (tertiary/aromatic N) is 1. The van der Waals surface area contributed by atoms with Crippen molar-refractivity contribution in [1.82, 2.24) is 4.90 Å². The number of rotatable bonds is 5. The van der Waals surface area contributed by atoms with Crippen LogP contribution >= 0.6 is 0 Å². The van der Waals surface area contributed by atoms with Crippen LogP contribution in [0, 0.1) is 0 Å². The molecule has 0 aliphatic rings. The number of anilines is 1. The highest BCUT2D eigenvalue weighted by molar-refractivity contribution is 5.99. The van der Waals surface area contributed by atoms with Crippen LogP contribution in [0.5, 0.6) is 0 Å². The van der Waals surface area contributed by atoms with Crippen LogP contribution in [0.1, 0.15) is 37.6 Å². The van der Waals surface area contributed by atoms with Gasteiger partial charge in [-0.3, -0.25) is 4.79 Å². The van der Waals surface area contributed by atoms with Gasteiger partial charge >= 0.3 is 0 Å². The molecule has 1 aromatic carbocycles. The Hall–Kier alpha value is -1.51. The number of carbonyl (C=O) groups excluding carboxylic acids is 1. The van der Waals surface area contributed by atoms with Crippen LogP contribution in [0.2, 0.25) is 0 Å². The Labute approximate surface area is 104 Å². The van der Waals surface area contributed by atoms with Crippen LogP contribution in [0.3, 0.4) is 0 Å². The maximum absolute atomic E-state index is 12.3. The van der Waals surface area contributed by atoms with Gasteiger partial charge in [0.05, 0.1) is 5.56 Å². The van der Waals surface area contributed by atoms with E-state index in [1.54, 1.807) is 4.90 Å². The van der Waals surface area contributed by atoms with Gasteiger partial charge < -0.3 is 10.2 Å². The molecule has 0 bridgehead atoms. The van der Waals surface area contributed by atoms with Crippen molar-refractivity contribution in [3.63, 3.8) is 0 Å². The first kappa shape index (κ1) is 13.6. The lowest BCUT2D eigenvalue weighted by atomic mass is 10.1. The van der Waals surface area contributed by atoms with Crippen LogP contribution in [0.15, 0.2) is 24.3 Å². The fraction of sp³-hybridized carbons (Fsp3) is 0.500. The Balaban J connectivity index is 2.92. The third kappa shape index (κ3) is 3.48. The summed E-state index contributed by atoms with van der Waals surface area (Å²) in [6.07, 6.45) is 1.04. The van der Waals surface area contributed by atoms with Gasteiger partial charge in [0.1, 0.15) is 0 Å². The number of nitrogens with one attached hydrogen (secondary N) is 1. The zero-order chi connectivity index (χ0) is 12.8. The standard InChI is InChI=1S/C14H22N2O/c1-5-10-15-13-9-7-6-8-12(13)14(17)16(4)11(2)3/h6-9,11,15H,5,10H2,1-4H3. The molecule has 3 nitrogen and oxygen atoms in total. The third-order valence-corrected chi connectivity index (χ3v) is 2.82. The third-order valence-electron chi connectivity index (χ3n) is 2.82. The van der Waals surface area contributed by atoms with E-state index in [-0.39, 0.29) is 11.9 Å². The number of hydrogen-bond acceptors (Lipinski definition) is 2. The van der Waals surface area contributed by atoms with E-state index >= 15 is 0 Å². The predicted molar refractivity (Wildman–Crippen MR) is 72.5 cm³/mol. The van der Waals surface area contributed by atoms with Gasteiger partial charge in [0, 0.05) is 25.3 Å². The summed E-state index contributed by atoms with van der Waals surface area (Å²) in [6, 6.07) is 7.89. The van der Waals surface area contributed by atoms with E-state index in [1.165, 1.54) is 0 Å². The summed E-state index contributed by atoms with van der Waals surface area (Å²) in [4.78, 5) is 14.0. The average Bonchev–Trinajstić information content (AvgIpc) is 2.34. The van der Waals surface area contributed by atoms with E-state index in [0.717, 1.165) is 24.2 Å². The fourth-order valence-electron chi connectivity index (χ4n) is 1.51. The predicted octanol–water partition coefficient (Wildman–Crippen LogP) is 2.99. The second-order valence-corrected chi connectivity index (χ2v) is 4.48. The zero-order valence-corrected chi connectivity index (χ0v) is 11.2. The van der Waals surface area contributed by atoms with Crippen molar-refractivity contribution in [3.05, 3.63) is 29.8 Å². The molecule has 0 aliphatic carbocycles. The molecule has 94 valence electrons. The molecule has 3 heteroatoms. The molecule has 0 spiro atoms. The van der Waals surface area contributed by atoms with Crippen molar-refractivity contribution >= 4 is 11.6 Å². The van der Waals surface area contributed by atoms with Crippen LogP contribution in [-0.2, 0) is 0 Å². The molecule has 0 saturated carbocycles. The monoisotopic (exact) mass is 234 g/mol. The smallest absolute Gasteiger partial charge is 0.255 e. The lowest BCUT2D eigenvalue weighted by Crippen LogP contribution is -2.33. The van der Waals surface area contributed by atoms with E-state index in [0.29, 0.717) is 0 Å². The van der Waals surface area contributed by atoms with Crippen molar-refractivity contribution in [2.24, 2.45) is 0 Å². The second kappa shape index (κ2) is 6.28. The molecule has 0 aromatic heterocycles. The van der Waals surface area contributed by atoms with Gasteiger partial charge in [-0.25, -0.2) is 0 Å². The number of amides is 1. The summed E-state index contributed by atoms with van der Waals surface area (Å²) in [5, 5.41) is 3.29. The maximum atomic E-state index is 12.3. The van der Waals surface area contributed by atoms with Crippen LogP contribution in [0.4, 0.5) is 5.69 Å². The Morgan fingerprint density at radius 3 is 2.59 bits per heavy atom. The van der Waals surface area contributed by atoms with E-state index in [1.807, 2.05) is 45.2 Å². The Bertz CT molecular complexity index is 374. The van der Waals surface area contributed by atoms with Gasteiger partial charge in [-0.15, -0.1) is 0 Å². The van der Waals surface area contributed by atoms with Crippen molar-refractivity contribution in [2.45, 2.75) is 33.2 Å². The second-order valence-electron chi connectivity index (χ2n) is 4.48. The minimum atomic E-state index is 0.0687. The molecule has 1 rings (SSSR count). The maximum Gasteiger partial charge on any atom is 0.255 e. The molecule has 0 atom stereocenters. The van der Waals surface area contributed by atoms with E-state index in [2.05, 4.69) is 12.2 Å². The quantitative estimate of drug-likeness (QED) is 0.849. The molecule has 1 aromatic rings. The number of carbonyl (C=O) groups is 1. The molecular formula is C14H22N2O. The number of benzene rings is 1. The highest BCUT2D eigenvalue weighted by atomic mass is 16.2. The molecule has 0 radical (unpaired) electrons. The number of hydrogen-bond donors (Lipinski definition) is 1. The molecular weight excluding hydrogens is 212 g/mol. The van der Waals surface area contributed by atoms with Crippen molar-refractivity contribution in [3.8, 4) is 0 Å². The molecule has 1 N–H and O–H groups in total. The summed E-state index contributed by atoms with van der Waals surface area (Å²) in [5.74, 6) is 0.0687. The zero-order valence-electron chi connectivity index (χ0n) is 11.2. The van der Waals surface area contributed by atoms with Gasteiger partial charge in [-0.05, 0) is 32.4 Å². The largest absolute Gasteiger partial charge is 0.384 e. The van der Waals surface area contributed by atoms with E-state index in [4.69, 9.17) is 0 Å². The molecule has 0 aliphatic heterocycles. The molecule has 0 heterocycles. The van der Waals surface area contributed by atoms with E-state index < -0.39 is 0 Å². The van der Waals surface area contributed by atoms with Crippen molar-refractivity contribution < 1.29 is 4.79 Å². The Morgan fingerprint density at radius 2 is 2.00 bits per heavy atom. The lowest BCUT2D eigenvalue weighted by Gasteiger charge is -2.23. The fourth-order valence-corrected chi connectivity index (χ4v) is 1.51. The first-order chi connectivity index (χ1) is 8.07. The summed E-state index contributed by atoms with van der Waals surface area (Å²) >= 11 is 0. The van der Waals surface area contributed by atoms with Gasteiger partial charge in [-0.1, -0.05) is 19.1 Å². The summed E-state index contributed by atoms with van der Waals surface area (Å²) in [5.41, 5.74) is 1.67. The van der Waals surface area contributed by atoms with Crippen LogP contribution in [0.25, 0.3) is 0 Å². The number of para-hydroxylation sites is 1. The average molecular weight is 234 g/mol. The van der Waals surface area contributed by atoms with Crippen molar-refractivity contribution in [1.29, 1.82) is 0 Å². The molecule has 1 amide bonds. The van der Waals surface area contributed by atoms with Gasteiger partial charge in [0.25, 0.3) is 5.91 Å². The summed E-state index contributed by atoms with van der Waals surface area (Å²) in [6.45, 7) is 7.02. The Kier molecular flexibility index (Phi) is 5.01. The van der Waals surface area contributed by atoms with Crippen LogP contribution < -0.4 is 5.32 Å². The van der Waals surface area contributed by atoms with Gasteiger partial charge in [-0.2, -0.15) is 0 Å². The topological polar surface area (TPSA) is 32.3 Å². The van der Waals surface area contributed by atoms with E-state index in [9.17, 15) is 4.79 Å². The summed E-state index contributed by atoms with van der Waals surface area (Å²) < 4.78 is 0. The van der Waals surface area contributed by atoms with Crippen molar-refractivity contribution in [2.75, 3.05) is 18.9 Å². The first-order valence-electron chi connectivity index (χ1n) is 6.18. The minimum absolute atomic E-state index is 0.0687. The Morgan fingerprint density at radius 1 is 1.35 bits per heavy atom. The summed E-state index contributed by atoms with van der Waals surface area (Å²) in [7, 11) is 1.84. The lowest BCUT2D eigenvalue weighted by molar-refractivity contribution is 0.0756. The molecule has 0 saturated heterocycles.